The number of anilines is 1. The maximum atomic E-state index is 4.67. The van der Waals surface area contributed by atoms with Gasteiger partial charge in [-0.3, -0.25) is 0 Å². The molecule has 0 bridgehead atoms. The normalized spacial score (nSPS) is 11.3. The average molecular weight is 300 g/mol. The van der Waals surface area contributed by atoms with Crippen molar-refractivity contribution in [1.29, 1.82) is 0 Å². The fourth-order valence-corrected chi connectivity index (χ4v) is 2.09. The molecule has 3 nitrogen and oxygen atoms in total. The van der Waals surface area contributed by atoms with Crippen LogP contribution in [-0.2, 0) is 0 Å². The smallest absolute Gasteiger partial charge is 0.133 e. The lowest BCUT2D eigenvalue weighted by Gasteiger charge is -2.27. The Hall–Kier alpha value is -0.640. The Balaban J connectivity index is 3.10. The molecule has 1 aromatic rings. The molecule has 0 saturated heterocycles. The summed E-state index contributed by atoms with van der Waals surface area (Å²) in [6, 6.07) is 2.51. The lowest BCUT2D eigenvalue weighted by atomic mass is 10.2. The molecule has 4 heteroatoms. The number of halogens is 1. The van der Waals surface area contributed by atoms with E-state index in [4.69, 9.17) is 0 Å². The predicted octanol–water partition coefficient (Wildman–Crippen LogP) is 3.52. The number of hydrogen-bond donors (Lipinski definition) is 0. The molecule has 0 radical (unpaired) electrons. The number of aryl methyl sites for hydroxylation is 1. The average Bonchev–Trinajstić information content (AvgIpc) is 2.24. The van der Waals surface area contributed by atoms with E-state index in [9.17, 15) is 0 Å². The third-order valence-corrected chi connectivity index (χ3v) is 2.97. The Morgan fingerprint density at radius 3 is 2.35 bits per heavy atom. The van der Waals surface area contributed by atoms with Crippen molar-refractivity contribution in [3.05, 3.63) is 17.6 Å². The third-order valence-electron chi connectivity index (χ3n) is 2.62. The van der Waals surface area contributed by atoms with Crippen LogP contribution in [0.2, 0.25) is 0 Å². The van der Waals surface area contributed by atoms with Crippen molar-refractivity contribution in [3.63, 3.8) is 0 Å². The minimum absolute atomic E-state index is 0.367. The molecule has 1 aromatic heterocycles. The molecule has 0 aliphatic rings. The summed E-state index contributed by atoms with van der Waals surface area (Å²) in [5, 5.41) is 0.950. The van der Waals surface area contributed by atoms with E-state index in [1.54, 1.807) is 0 Å². The van der Waals surface area contributed by atoms with E-state index in [1.807, 2.05) is 6.92 Å². The van der Waals surface area contributed by atoms with Crippen LogP contribution in [0, 0.1) is 6.92 Å². The van der Waals surface area contributed by atoms with E-state index in [-0.39, 0.29) is 0 Å². The van der Waals surface area contributed by atoms with Crippen LogP contribution in [0.1, 0.15) is 45.1 Å². The highest BCUT2D eigenvalue weighted by molar-refractivity contribution is 9.09. The van der Waals surface area contributed by atoms with Crippen LogP contribution in [0.4, 0.5) is 5.82 Å². The number of alkyl halides is 1. The second kappa shape index (κ2) is 6.34. The Kier molecular flexibility index (Phi) is 5.37. The van der Waals surface area contributed by atoms with Crippen LogP contribution in [-0.4, -0.2) is 27.9 Å². The van der Waals surface area contributed by atoms with Crippen LogP contribution in [0.5, 0.6) is 0 Å². The maximum Gasteiger partial charge on any atom is 0.133 e. The SMILES string of the molecule is Cc1cc(N(CCBr)C(C)C)nc(C(C)C)n1. The molecule has 0 fully saturated rings. The van der Waals surface area contributed by atoms with Crippen molar-refractivity contribution < 1.29 is 0 Å². The Labute approximate surface area is 113 Å². The van der Waals surface area contributed by atoms with Gasteiger partial charge in [-0.25, -0.2) is 9.97 Å². The first kappa shape index (κ1) is 14.4. The molecular formula is C13H22BrN3. The van der Waals surface area contributed by atoms with Gasteiger partial charge in [0.15, 0.2) is 0 Å². The van der Waals surface area contributed by atoms with Gasteiger partial charge in [-0.15, -0.1) is 0 Å². The van der Waals surface area contributed by atoms with Gasteiger partial charge in [0.2, 0.25) is 0 Å². The molecule has 0 saturated carbocycles. The number of hydrogen-bond acceptors (Lipinski definition) is 3. The molecule has 96 valence electrons. The van der Waals surface area contributed by atoms with Crippen molar-refractivity contribution in [3.8, 4) is 0 Å². The summed E-state index contributed by atoms with van der Waals surface area (Å²) in [4.78, 5) is 11.5. The fraction of sp³-hybridized carbons (Fsp3) is 0.692. The van der Waals surface area contributed by atoms with Crippen molar-refractivity contribution >= 4 is 21.7 Å². The first-order valence-electron chi connectivity index (χ1n) is 6.14. The maximum absolute atomic E-state index is 4.67. The third kappa shape index (κ3) is 3.95. The van der Waals surface area contributed by atoms with Gasteiger partial charge in [0.25, 0.3) is 0 Å². The highest BCUT2D eigenvalue weighted by atomic mass is 79.9. The van der Waals surface area contributed by atoms with Crippen LogP contribution < -0.4 is 4.90 Å². The number of rotatable bonds is 5. The van der Waals surface area contributed by atoms with Gasteiger partial charge in [0.05, 0.1) is 0 Å². The van der Waals surface area contributed by atoms with Gasteiger partial charge in [0, 0.05) is 35.6 Å². The largest absolute Gasteiger partial charge is 0.353 e. The first-order chi connectivity index (χ1) is 7.95. The van der Waals surface area contributed by atoms with Crippen molar-refractivity contribution in [2.24, 2.45) is 0 Å². The Morgan fingerprint density at radius 2 is 1.88 bits per heavy atom. The number of aromatic nitrogens is 2. The van der Waals surface area contributed by atoms with E-state index in [0.29, 0.717) is 12.0 Å². The van der Waals surface area contributed by atoms with Crippen molar-refractivity contribution in [2.75, 3.05) is 16.8 Å². The molecule has 1 heterocycles. The predicted molar refractivity (Wildman–Crippen MR) is 77.1 cm³/mol. The van der Waals surface area contributed by atoms with Crippen molar-refractivity contribution in [1.82, 2.24) is 9.97 Å². The minimum Gasteiger partial charge on any atom is -0.353 e. The monoisotopic (exact) mass is 299 g/mol. The molecule has 17 heavy (non-hydrogen) atoms. The van der Waals surface area contributed by atoms with E-state index in [1.165, 1.54) is 0 Å². The van der Waals surface area contributed by atoms with Gasteiger partial charge in [-0.1, -0.05) is 29.8 Å². The standard InChI is InChI=1S/C13H22BrN3/c1-9(2)13-15-11(5)8-12(16-13)17(7-6-14)10(3)4/h8-10H,6-7H2,1-5H3. The van der Waals surface area contributed by atoms with E-state index >= 15 is 0 Å². The molecule has 0 amide bonds. The van der Waals surface area contributed by atoms with Crippen LogP contribution in [0.15, 0.2) is 6.07 Å². The zero-order chi connectivity index (χ0) is 13.0. The van der Waals surface area contributed by atoms with E-state index in [2.05, 4.69) is 64.6 Å². The van der Waals surface area contributed by atoms with Crippen molar-refractivity contribution in [2.45, 2.75) is 46.6 Å². The zero-order valence-corrected chi connectivity index (χ0v) is 13.0. The van der Waals surface area contributed by atoms with E-state index in [0.717, 1.165) is 29.2 Å². The summed E-state index contributed by atoms with van der Waals surface area (Å²) in [7, 11) is 0. The molecule has 0 atom stereocenters. The molecule has 1 rings (SSSR count). The van der Waals surface area contributed by atoms with Crippen LogP contribution >= 0.6 is 15.9 Å². The second-order valence-corrected chi connectivity index (χ2v) is 5.65. The lowest BCUT2D eigenvalue weighted by molar-refractivity contribution is 0.681. The van der Waals surface area contributed by atoms with Crippen LogP contribution in [0.25, 0.3) is 0 Å². The summed E-state index contributed by atoms with van der Waals surface area (Å²) >= 11 is 3.50. The summed E-state index contributed by atoms with van der Waals surface area (Å²) in [6.45, 7) is 11.6. The summed E-state index contributed by atoms with van der Waals surface area (Å²) in [6.07, 6.45) is 0. The Bertz CT molecular complexity index is 364. The van der Waals surface area contributed by atoms with Gasteiger partial charge in [-0.2, -0.15) is 0 Å². The van der Waals surface area contributed by atoms with Gasteiger partial charge < -0.3 is 4.90 Å². The second-order valence-electron chi connectivity index (χ2n) is 4.86. The zero-order valence-electron chi connectivity index (χ0n) is 11.4. The minimum atomic E-state index is 0.367. The van der Waals surface area contributed by atoms with Crippen LogP contribution in [0.3, 0.4) is 0 Å². The summed E-state index contributed by atoms with van der Waals surface area (Å²) < 4.78 is 0. The Morgan fingerprint density at radius 1 is 1.24 bits per heavy atom. The first-order valence-corrected chi connectivity index (χ1v) is 7.26. The lowest BCUT2D eigenvalue weighted by Crippen LogP contribution is -2.33. The highest BCUT2D eigenvalue weighted by Crippen LogP contribution is 2.19. The topological polar surface area (TPSA) is 29.0 Å². The molecule has 0 N–H and O–H groups in total. The fourth-order valence-electron chi connectivity index (χ4n) is 1.71. The van der Waals surface area contributed by atoms with Gasteiger partial charge in [-0.05, 0) is 20.8 Å². The molecular weight excluding hydrogens is 278 g/mol. The summed E-state index contributed by atoms with van der Waals surface area (Å²) in [5.74, 6) is 2.34. The molecule has 0 aromatic carbocycles. The van der Waals surface area contributed by atoms with Gasteiger partial charge >= 0.3 is 0 Å². The molecule has 0 aliphatic heterocycles. The van der Waals surface area contributed by atoms with Gasteiger partial charge in [0.1, 0.15) is 11.6 Å². The molecule has 0 unspecified atom stereocenters. The quantitative estimate of drug-likeness (QED) is 0.779. The van der Waals surface area contributed by atoms with E-state index < -0.39 is 0 Å². The number of nitrogens with zero attached hydrogens (tertiary/aromatic N) is 3. The molecule has 0 aliphatic carbocycles. The highest BCUT2D eigenvalue weighted by Gasteiger charge is 2.14. The summed E-state index contributed by atoms with van der Waals surface area (Å²) in [5.41, 5.74) is 1.04. The molecule has 0 spiro atoms.